The summed E-state index contributed by atoms with van der Waals surface area (Å²) in [6, 6.07) is 0. The molecule has 1 aliphatic rings. The quantitative estimate of drug-likeness (QED) is 0.692. The number of alkyl halides is 4. The molecule has 90 valence electrons. The lowest BCUT2D eigenvalue weighted by Gasteiger charge is -2.42. The summed E-state index contributed by atoms with van der Waals surface area (Å²) in [4.78, 5) is 1.34. The van der Waals surface area contributed by atoms with Crippen molar-refractivity contribution < 1.29 is 17.9 Å². The van der Waals surface area contributed by atoms with Crippen LogP contribution in [0, 0.1) is 0 Å². The molecule has 1 unspecified atom stereocenters. The van der Waals surface area contributed by atoms with Gasteiger partial charge >= 0.3 is 6.18 Å². The number of nitrogens with zero attached hydrogens (tertiary/aromatic N) is 1. The molecule has 1 fully saturated rings. The van der Waals surface area contributed by atoms with E-state index >= 15 is 0 Å². The molecule has 0 saturated carbocycles. The Balaban J connectivity index is 2.58. The first kappa shape index (κ1) is 13.1. The predicted molar refractivity (Wildman–Crippen MR) is 52.2 cm³/mol. The molecule has 0 bridgehead atoms. The summed E-state index contributed by atoms with van der Waals surface area (Å²) < 4.78 is 42.1. The standard InChI is InChI=1S/C9H15ClF3NO/c1-8(2)5-14(6-9(11,12)13)4-7(3-10)15-8/h7H,3-6H2,1-2H3. The van der Waals surface area contributed by atoms with E-state index in [1.807, 2.05) is 0 Å². The van der Waals surface area contributed by atoms with Crippen LogP contribution in [0.25, 0.3) is 0 Å². The monoisotopic (exact) mass is 245 g/mol. The van der Waals surface area contributed by atoms with Crippen molar-refractivity contribution in [1.82, 2.24) is 4.90 Å². The van der Waals surface area contributed by atoms with Crippen molar-refractivity contribution in [2.75, 3.05) is 25.5 Å². The molecule has 0 N–H and O–H groups in total. The summed E-state index contributed by atoms with van der Waals surface area (Å²) in [6.45, 7) is 3.17. The summed E-state index contributed by atoms with van der Waals surface area (Å²) >= 11 is 5.61. The van der Waals surface area contributed by atoms with Gasteiger partial charge in [0.15, 0.2) is 0 Å². The molecule has 0 aromatic heterocycles. The third-order valence-corrected chi connectivity index (χ3v) is 2.47. The fraction of sp³-hybridized carbons (Fsp3) is 1.00. The fourth-order valence-corrected chi connectivity index (χ4v) is 2.03. The fourth-order valence-electron chi connectivity index (χ4n) is 1.87. The molecule has 0 aromatic rings. The van der Waals surface area contributed by atoms with Gasteiger partial charge < -0.3 is 4.74 Å². The van der Waals surface area contributed by atoms with E-state index in [9.17, 15) is 13.2 Å². The normalized spacial score (nSPS) is 28.0. The molecule has 0 aliphatic carbocycles. The molecule has 0 aromatic carbocycles. The molecule has 6 heteroatoms. The molecule has 1 saturated heterocycles. The molecule has 1 heterocycles. The van der Waals surface area contributed by atoms with E-state index in [-0.39, 0.29) is 25.1 Å². The first-order chi connectivity index (χ1) is 6.72. The number of halogens is 4. The van der Waals surface area contributed by atoms with Crippen LogP contribution in [0.4, 0.5) is 13.2 Å². The molecule has 1 aliphatic heterocycles. The lowest BCUT2D eigenvalue weighted by atomic mass is 10.1. The molecular formula is C9H15ClF3NO. The lowest BCUT2D eigenvalue weighted by molar-refractivity contribution is -0.182. The number of ether oxygens (including phenoxy) is 1. The highest BCUT2D eigenvalue weighted by Gasteiger charge is 2.38. The van der Waals surface area contributed by atoms with Crippen molar-refractivity contribution in [3.05, 3.63) is 0 Å². The second-order valence-corrected chi connectivity index (χ2v) is 4.75. The van der Waals surface area contributed by atoms with Crippen LogP contribution in [0.5, 0.6) is 0 Å². The first-order valence-corrected chi connectivity index (χ1v) is 5.28. The Labute approximate surface area is 92.3 Å². The van der Waals surface area contributed by atoms with Crippen LogP contribution in [0.15, 0.2) is 0 Å². The largest absolute Gasteiger partial charge is 0.401 e. The van der Waals surface area contributed by atoms with E-state index in [1.165, 1.54) is 4.90 Å². The van der Waals surface area contributed by atoms with Gasteiger partial charge in [-0.2, -0.15) is 13.2 Å². The van der Waals surface area contributed by atoms with Crippen LogP contribution in [-0.2, 0) is 4.74 Å². The Hall–Kier alpha value is -0.0000000000000000208. The SMILES string of the molecule is CC1(C)CN(CC(F)(F)F)CC(CCl)O1. The topological polar surface area (TPSA) is 12.5 Å². The van der Waals surface area contributed by atoms with Gasteiger partial charge in [-0.15, -0.1) is 11.6 Å². The van der Waals surface area contributed by atoms with Crippen LogP contribution < -0.4 is 0 Å². The van der Waals surface area contributed by atoms with E-state index < -0.39 is 18.3 Å². The predicted octanol–water partition coefficient (Wildman–Crippen LogP) is 2.27. The second kappa shape index (κ2) is 4.47. The number of hydrogen-bond acceptors (Lipinski definition) is 2. The molecule has 1 atom stereocenters. The van der Waals surface area contributed by atoms with Gasteiger partial charge in [-0.3, -0.25) is 4.90 Å². The molecule has 15 heavy (non-hydrogen) atoms. The maximum absolute atomic E-state index is 12.2. The average molecular weight is 246 g/mol. The van der Waals surface area contributed by atoms with Crippen LogP contribution in [-0.4, -0.2) is 48.3 Å². The van der Waals surface area contributed by atoms with Crippen molar-refractivity contribution in [3.8, 4) is 0 Å². The van der Waals surface area contributed by atoms with Gasteiger partial charge in [-0.1, -0.05) is 0 Å². The second-order valence-electron chi connectivity index (χ2n) is 4.44. The highest BCUT2D eigenvalue weighted by molar-refractivity contribution is 6.18. The van der Waals surface area contributed by atoms with Crippen molar-refractivity contribution in [1.29, 1.82) is 0 Å². The van der Waals surface area contributed by atoms with Crippen LogP contribution >= 0.6 is 11.6 Å². The van der Waals surface area contributed by atoms with Gasteiger partial charge in [-0.25, -0.2) is 0 Å². The first-order valence-electron chi connectivity index (χ1n) is 4.75. The Morgan fingerprint density at radius 2 is 2.07 bits per heavy atom. The van der Waals surface area contributed by atoms with Crippen molar-refractivity contribution in [3.63, 3.8) is 0 Å². The smallest absolute Gasteiger partial charge is 0.368 e. The Morgan fingerprint density at radius 1 is 1.47 bits per heavy atom. The van der Waals surface area contributed by atoms with Gasteiger partial charge in [0.25, 0.3) is 0 Å². The molecule has 0 amide bonds. The minimum atomic E-state index is -4.16. The van der Waals surface area contributed by atoms with Crippen molar-refractivity contribution >= 4 is 11.6 Å². The Bertz CT molecular complexity index is 218. The Morgan fingerprint density at radius 3 is 2.53 bits per heavy atom. The van der Waals surface area contributed by atoms with Crippen LogP contribution in [0.2, 0.25) is 0 Å². The van der Waals surface area contributed by atoms with E-state index in [2.05, 4.69) is 0 Å². The zero-order valence-corrected chi connectivity index (χ0v) is 9.53. The van der Waals surface area contributed by atoms with Crippen LogP contribution in [0.1, 0.15) is 13.8 Å². The van der Waals surface area contributed by atoms with Gasteiger partial charge in [0.2, 0.25) is 0 Å². The summed E-state index contributed by atoms with van der Waals surface area (Å²) in [7, 11) is 0. The Kier molecular flexibility index (Phi) is 3.90. The maximum Gasteiger partial charge on any atom is 0.401 e. The third kappa shape index (κ3) is 4.57. The number of morpholine rings is 1. The lowest BCUT2D eigenvalue weighted by Crippen LogP contribution is -2.55. The highest BCUT2D eigenvalue weighted by Crippen LogP contribution is 2.25. The molecule has 0 radical (unpaired) electrons. The van der Waals surface area contributed by atoms with Gasteiger partial charge in [0.1, 0.15) is 0 Å². The maximum atomic E-state index is 12.2. The summed E-state index contributed by atoms with van der Waals surface area (Å²) in [6.07, 6.45) is -4.48. The van der Waals surface area contributed by atoms with Crippen molar-refractivity contribution in [2.24, 2.45) is 0 Å². The zero-order chi connectivity index (χ0) is 11.7. The molecule has 0 spiro atoms. The van der Waals surface area contributed by atoms with Crippen molar-refractivity contribution in [2.45, 2.75) is 31.7 Å². The minimum absolute atomic E-state index is 0.220. The van der Waals surface area contributed by atoms with Crippen LogP contribution in [0.3, 0.4) is 0 Å². The minimum Gasteiger partial charge on any atom is -0.368 e. The van der Waals surface area contributed by atoms with E-state index in [0.29, 0.717) is 0 Å². The molecule has 2 nitrogen and oxygen atoms in total. The van der Waals surface area contributed by atoms with Gasteiger partial charge in [0, 0.05) is 19.0 Å². The van der Waals surface area contributed by atoms with E-state index in [4.69, 9.17) is 16.3 Å². The number of hydrogen-bond donors (Lipinski definition) is 0. The van der Waals surface area contributed by atoms with Gasteiger partial charge in [-0.05, 0) is 13.8 Å². The summed E-state index contributed by atoms with van der Waals surface area (Å²) in [5, 5.41) is 0. The third-order valence-electron chi connectivity index (χ3n) is 2.13. The van der Waals surface area contributed by atoms with Gasteiger partial charge in [0.05, 0.1) is 18.2 Å². The summed E-state index contributed by atoms with van der Waals surface area (Å²) in [5.74, 6) is 0.220. The average Bonchev–Trinajstić information content (AvgIpc) is 1.97. The summed E-state index contributed by atoms with van der Waals surface area (Å²) in [5.41, 5.74) is -0.566. The van der Waals surface area contributed by atoms with E-state index in [1.54, 1.807) is 13.8 Å². The zero-order valence-electron chi connectivity index (χ0n) is 8.77. The molecular weight excluding hydrogens is 231 g/mol. The number of rotatable bonds is 2. The highest BCUT2D eigenvalue weighted by atomic mass is 35.5. The molecule has 1 rings (SSSR count). The van der Waals surface area contributed by atoms with E-state index in [0.717, 1.165) is 0 Å².